The monoisotopic (exact) mass is 462 g/mol. The molecule has 176 valence electrons. The average Bonchev–Trinajstić information content (AvgIpc) is 3.04. The number of rotatable bonds is 5. The number of sulfonamides is 1. The van der Waals surface area contributed by atoms with Crippen molar-refractivity contribution in [1.82, 2.24) is 9.62 Å². The van der Waals surface area contributed by atoms with Crippen molar-refractivity contribution in [2.24, 2.45) is 0 Å². The summed E-state index contributed by atoms with van der Waals surface area (Å²) >= 11 is 0. The van der Waals surface area contributed by atoms with Gasteiger partial charge in [0.05, 0.1) is 16.3 Å². The standard InChI is InChI=1S/C23H34N4O4S/c1-25(2)32(30,31)18-12-13-19-21(15-18)27(23(29)20-11-7-8-14-26(19)20)16-22(28)24-17-9-5-3-4-6-10-17/h12-13,15,17,20H,3-11,14,16H2,1-2H3,(H,24,28). The van der Waals surface area contributed by atoms with Crippen LogP contribution in [0.2, 0.25) is 0 Å². The van der Waals surface area contributed by atoms with E-state index in [1.54, 1.807) is 18.2 Å². The summed E-state index contributed by atoms with van der Waals surface area (Å²) in [4.78, 5) is 30.1. The Morgan fingerprint density at radius 2 is 1.72 bits per heavy atom. The lowest BCUT2D eigenvalue weighted by Gasteiger charge is -2.45. The van der Waals surface area contributed by atoms with Crippen LogP contribution >= 0.6 is 0 Å². The number of hydrogen-bond donors (Lipinski definition) is 1. The van der Waals surface area contributed by atoms with Crippen LogP contribution in [0.15, 0.2) is 23.1 Å². The van der Waals surface area contributed by atoms with Gasteiger partial charge in [0.1, 0.15) is 12.6 Å². The number of nitrogens with one attached hydrogen (secondary N) is 1. The molecular formula is C23H34N4O4S. The summed E-state index contributed by atoms with van der Waals surface area (Å²) in [6, 6.07) is 4.78. The van der Waals surface area contributed by atoms with Crippen molar-refractivity contribution in [3.05, 3.63) is 18.2 Å². The molecule has 2 amide bonds. The first kappa shape index (κ1) is 23.0. The second-order valence-electron chi connectivity index (χ2n) is 9.32. The van der Waals surface area contributed by atoms with Gasteiger partial charge in [-0.2, -0.15) is 0 Å². The largest absolute Gasteiger partial charge is 0.358 e. The first-order chi connectivity index (χ1) is 15.3. The molecule has 1 saturated carbocycles. The number of benzene rings is 1. The number of carbonyl (C=O) groups excluding carboxylic acids is 2. The minimum atomic E-state index is -3.66. The van der Waals surface area contributed by atoms with E-state index in [0.717, 1.165) is 61.5 Å². The highest BCUT2D eigenvalue weighted by atomic mass is 32.2. The molecule has 1 aliphatic carbocycles. The van der Waals surface area contributed by atoms with E-state index in [9.17, 15) is 18.0 Å². The average molecular weight is 463 g/mol. The van der Waals surface area contributed by atoms with Crippen LogP contribution in [0.25, 0.3) is 0 Å². The van der Waals surface area contributed by atoms with Gasteiger partial charge in [-0.05, 0) is 50.3 Å². The van der Waals surface area contributed by atoms with Crippen molar-refractivity contribution < 1.29 is 18.0 Å². The van der Waals surface area contributed by atoms with Crippen LogP contribution in [-0.4, -0.2) is 63.8 Å². The van der Waals surface area contributed by atoms with Crippen molar-refractivity contribution >= 4 is 33.2 Å². The fraction of sp³-hybridized carbons (Fsp3) is 0.652. The number of piperidine rings is 1. The quantitative estimate of drug-likeness (QED) is 0.679. The Hall–Kier alpha value is -2.13. The van der Waals surface area contributed by atoms with Gasteiger partial charge in [-0.15, -0.1) is 0 Å². The molecule has 0 spiro atoms. The molecule has 2 aliphatic heterocycles. The zero-order chi connectivity index (χ0) is 22.9. The predicted molar refractivity (Wildman–Crippen MR) is 124 cm³/mol. The molecule has 1 saturated heterocycles. The molecule has 8 nitrogen and oxygen atoms in total. The molecule has 1 N–H and O–H groups in total. The number of nitrogens with zero attached hydrogens (tertiary/aromatic N) is 3. The summed E-state index contributed by atoms with van der Waals surface area (Å²) in [5, 5.41) is 3.12. The van der Waals surface area contributed by atoms with Gasteiger partial charge >= 0.3 is 0 Å². The number of carbonyl (C=O) groups is 2. The normalized spacial score (nSPS) is 22.3. The molecule has 0 bridgehead atoms. The highest BCUT2D eigenvalue weighted by Gasteiger charge is 2.40. The lowest BCUT2D eigenvalue weighted by Crippen LogP contribution is -2.57. The second-order valence-corrected chi connectivity index (χ2v) is 11.5. The molecule has 1 unspecified atom stereocenters. The number of anilines is 2. The summed E-state index contributed by atoms with van der Waals surface area (Å²) in [6.07, 6.45) is 9.27. The van der Waals surface area contributed by atoms with E-state index in [0.29, 0.717) is 5.69 Å². The Labute approximate surface area is 191 Å². The molecule has 32 heavy (non-hydrogen) atoms. The maximum atomic E-state index is 13.4. The van der Waals surface area contributed by atoms with Crippen LogP contribution in [0.4, 0.5) is 11.4 Å². The number of fused-ring (bicyclic) bond motifs is 3. The van der Waals surface area contributed by atoms with Gasteiger partial charge < -0.3 is 10.2 Å². The summed E-state index contributed by atoms with van der Waals surface area (Å²) < 4.78 is 26.6. The molecule has 4 rings (SSSR count). The van der Waals surface area contributed by atoms with Crippen molar-refractivity contribution in [3.8, 4) is 0 Å². The predicted octanol–water partition coefficient (Wildman–Crippen LogP) is 2.48. The van der Waals surface area contributed by atoms with Crippen LogP contribution in [0.5, 0.6) is 0 Å². The Balaban J connectivity index is 1.65. The molecule has 3 aliphatic rings. The van der Waals surface area contributed by atoms with Crippen LogP contribution in [0.1, 0.15) is 57.8 Å². The van der Waals surface area contributed by atoms with Crippen molar-refractivity contribution in [2.75, 3.05) is 37.0 Å². The number of amides is 2. The molecule has 1 aromatic carbocycles. The van der Waals surface area contributed by atoms with E-state index in [4.69, 9.17) is 0 Å². The third kappa shape index (κ3) is 4.50. The molecule has 9 heteroatoms. The Kier molecular flexibility index (Phi) is 6.76. The van der Waals surface area contributed by atoms with E-state index in [-0.39, 0.29) is 35.3 Å². The summed E-state index contributed by atoms with van der Waals surface area (Å²) in [7, 11) is -0.690. The Morgan fingerprint density at radius 3 is 2.41 bits per heavy atom. The highest BCUT2D eigenvalue weighted by molar-refractivity contribution is 7.89. The summed E-state index contributed by atoms with van der Waals surface area (Å²) in [5.74, 6) is -0.297. The maximum absolute atomic E-state index is 13.4. The third-order valence-electron chi connectivity index (χ3n) is 6.90. The lowest BCUT2D eigenvalue weighted by atomic mass is 9.96. The van der Waals surface area contributed by atoms with Crippen molar-refractivity contribution in [2.45, 2.75) is 74.8 Å². The fourth-order valence-corrected chi connectivity index (χ4v) is 6.03. The highest BCUT2D eigenvalue weighted by Crippen LogP contribution is 2.40. The minimum absolute atomic E-state index is 0.0852. The van der Waals surface area contributed by atoms with E-state index < -0.39 is 10.0 Å². The molecular weight excluding hydrogens is 428 g/mol. The van der Waals surface area contributed by atoms with Gasteiger partial charge in [-0.3, -0.25) is 14.5 Å². The second kappa shape index (κ2) is 9.39. The van der Waals surface area contributed by atoms with Gasteiger partial charge in [0.15, 0.2) is 0 Å². The zero-order valence-corrected chi connectivity index (χ0v) is 19.9. The van der Waals surface area contributed by atoms with Crippen LogP contribution in [-0.2, 0) is 19.6 Å². The van der Waals surface area contributed by atoms with E-state index in [1.807, 2.05) is 0 Å². The molecule has 0 aromatic heterocycles. The first-order valence-corrected chi connectivity index (χ1v) is 13.2. The van der Waals surface area contributed by atoms with E-state index in [1.165, 1.54) is 31.8 Å². The van der Waals surface area contributed by atoms with Gasteiger partial charge in [0.25, 0.3) is 0 Å². The van der Waals surface area contributed by atoms with Crippen LogP contribution in [0, 0.1) is 0 Å². The molecule has 2 heterocycles. The number of hydrogen-bond acceptors (Lipinski definition) is 5. The smallest absolute Gasteiger partial charge is 0.250 e. The summed E-state index contributed by atoms with van der Waals surface area (Å²) in [5.41, 5.74) is 1.33. The first-order valence-electron chi connectivity index (χ1n) is 11.7. The SMILES string of the molecule is CN(C)S(=O)(=O)c1ccc2c(c1)N(CC(=O)NC1CCCCCC1)C(=O)C1CCCCN21. The molecule has 0 radical (unpaired) electrons. The summed E-state index contributed by atoms with van der Waals surface area (Å²) in [6.45, 7) is 0.670. The zero-order valence-electron chi connectivity index (χ0n) is 19.0. The van der Waals surface area contributed by atoms with Gasteiger partial charge in [0, 0.05) is 26.7 Å². The van der Waals surface area contributed by atoms with Crippen LogP contribution < -0.4 is 15.1 Å². The van der Waals surface area contributed by atoms with Crippen molar-refractivity contribution in [1.29, 1.82) is 0 Å². The van der Waals surface area contributed by atoms with Gasteiger partial charge in [0.2, 0.25) is 21.8 Å². The van der Waals surface area contributed by atoms with E-state index >= 15 is 0 Å². The molecule has 2 fully saturated rings. The van der Waals surface area contributed by atoms with Gasteiger partial charge in [-0.25, -0.2) is 12.7 Å². The fourth-order valence-electron chi connectivity index (χ4n) is 5.11. The van der Waals surface area contributed by atoms with Gasteiger partial charge in [-0.1, -0.05) is 25.7 Å². The minimum Gasteiger partial charge on any atom is -0.358 e. The maximum Gasteiger partial charge on any atom is 0.250 e. The Morgan fingerprint density at radius 1 is 1.03 bits per heavy atom. The molecule has 1 atom stereocenters. The molecule has 1 aromatic rings. The Bertz CT molecular complexity index is 970. The lowest BCUT2D eigenvalue weighted by molar-refractivity contribution is -0.125. The van der Waals surface area contributed by atoms with E-state index in [2.05, 4.69) is 10.2 Å². The third-order valence-corrected chi connectivity index (χ3v) is 8.71. The topological polar surface area (TPSA) is 90.0 Å². The van der Waals surface area contributed by atoms with Crippen molar-refractivity contribution in [3.63, 3.8) is 0 Å². The van der Waals surface area contributed by atoms with Crippen LogP contribution in [0.3, 0.4) is 0 Å².